The summed E-state index contributed by atoms with van der Waals surface area (Å²) in [5.41, 5.74) is 2.94. The Morgan fingerprint density at radius 2 is 2.20 bits per heavy atom. The third kappa shape index (κ3) is 2.58. The van der Waals surface area contributed by atoms with Crippen LogP contribution in [0.3, 0.4) is 0 Å². The van der Waals surface area contributed by atoms with Crippen molar-refractivity contribution in [2.75, 3.05) is 13.7 Å². The molecule has 0 radical (unpaired) electrons. The van der Waals surface area contributed by atoms with Crippen molar-refractivity contribution in [3.05, 3.63) is 29.3 Å². The van der Waals surface area contributed by atoms with Crippen LogP contribution in [0.15, 0.2) is 18.2 Å². The second-order valence-corrected chi connectivity index (χ2v) is 6.41. The van der Waals surface area contributed by atoms with E-state index < -0.39 is 0 Å². The molecule has 20 heavy (non-hydrogen) atoms. The van der Waals surface area contributed by atoms with Crippen molar-refractivity contribution < 1.29 is 4.74 Å². The molecule has 1 saturated carbocycles. The average molecular weight is 273 g/mol. The molecule has 2 heteroatoms. The largest absolute Gasteiger partial charge is 0.496 e. The Morgan fingerprint density at radius 1 is 1.30 bits per heavy atom. The summed E-state index contributed by atoms with van der Waals surface area (Å²) in [5, 5.41) is 3.79. The molecule has 0 bridgehead atoms. The summed E-state index contributed by atoms with van der Waals surface area (Å²) < 4.78 is 5.56. The van der Waals surface area contributed by atoms with Crippen molar-refractivity contribution in [1.82, 2.24) is 5.32 Å². The number of hydrogen-bond acceptors (Lipinski definition) is 2. The number of nitrogens with one attached hydrogen (secondary N) is 1. The van der Waals surface area contributed by atoms with Crippen LogP contribution in [0, 0.1) is 11.8 Å². The molecule has 3 unspecified atom stereocenters. The maximum atomic E-state index is 5.56. The van der Waals surface area contributed by atoms with Gasteiger partial charge in [0.05, 0.1) is 7.11 Å². The zero-order valence-corrected chi connectivity index (χ0v) is 12.8. The molecule has 1 aromatic carbocycles. The van der Waals surface area contributed by atoms with E-state index in [1.165, 1.54) is 43.2 Å². The number of hydrogen-bond donors (Lipinski definition) is 1. The van der Waals surface area contributed by atoms with Gasteiger partial charge >= 0.3 is 0 Å². The predicted molar refractivity (Wildman–Crippen MR) is 83.2 cm³/mol. The first kappa shape index (κ1) is 13.9. The molecule has 3 atom stereocenters. The highest BCUT2D eigenvalue weighted by atomic mass is 16.5. The van der Waals surface area contributed by atoms with Crippen molar-refractivity contribution in [3.8, 4) is 5.75 Å². The van der Waals surface area contributed by atoms with Crippen LogP contribution in [0.1, 0.15) is 56.2 Å². The zero-order chi connectivity index (χ0) is 13.9. The Bertz CT molecular complexity index is 457. The molecule has 2 nitrogen and oxygen atoms in total. The lowest BCUT2D eigenvalue weighted by Gasteiger charge is -2.38. The van der Waals surface area contributed by atoms with E-state index in [1.807, 2.05) is 0 Å². The normalized spacial score (nSPS) is 29.8. The van der Waals surface area contributed by atoms with Crippen LogP contribution in [0.4, 0.5) is 0 Å². The van der Waals surface area contributed by atoms with Gasteiger partial charge in [-0.05, 0) is 49.3 Å². The number of ether oxygens (including phenoxy) is 1. The highest BCUT2D eigenvalue weighted by molar-refractivity contribution is 5.43. The summed E-state index contributed by atoms with van der Waals surface area (Å²) in [6.45, 7) is 3.43. The molecule has 1 fully saturated rings. The van der Waals surface area contributed by atoms with Gasteiger partial charge in [-0.3, -0.25) is 0 Å². The Morgan fingerprint density at radius 3 is 3.00 bits per heavy atom. The zero-order valence-electron chi connectivity index (χ0n) is 12.8. The van der Waals surface area contributed by atoms with Gasteiger partial charge in [0.2, 0.25) is 0 Å². The smallest absolute Gasteiger partial charge is 0.122 e. The Balaban J connectivity index is 1.86. The highest BCUT2D eigenvalue weighted by Gasteiger charge is 2.32. The molecule has 0 aromatic heterocycles. The quantitative estimate of drug-likeness (QED) is 0.895. The molecular weight excluding hydrogens is 246 g/mol. The molecule has 0 amide bonds. The summed E-state index contributed by atoms with van der Waals surface area (Å²) >= 11 is 0. The lowest BCUT2D eigenvalue weighted by atomic mass is 9.73. The SMILES string of the molecule is CCC1CCCC(C2NCCc3c(OC)cccc32)C1. The van der Waals surface area contributed by atoms with Crippen molar-refractivity contribution in [2.24, 2.45) is 11.8 Å². The van der Waals surface area contributed by atoms with Gasteiger partial charge < -0.3 is 10.1 Å². The minimum absolute atomic E-state index is 0.545. The lowest BCUT2D eigenvalue weighted by Crippen LogP contribution is -2.37. The molecular formula is C18H27NO. The second-order valence-electron chi connectivity index (χ2n) is 6.41. The Hall–Kier alpha value is -1.02. The first-order chi connectivity index (χ1) is 9.83. The third-order valence-electron chi connectivity index (χ3n) is 5.34. The van der Waals surface area contributed by atoms with Gasteiger partial charge in [0.1, 0.15) is 5.75 Å². The molecule has 3 rings (SSSR count). The average Bonchev–Trinajstić information content (AvgIpc) is 2.53. The maximum Gasteiger partial charge on any atom is 0.122 e. The third-order valence-corrected chi connectivity index (χ3v) is 5.34. The number of fused-ring (bicyclic) bond motifs is 1. The van der Waals surface area contributed by atoms with Crippen molar-refractivity contribution in [2.45, 2.75) is 51.5 Å². The molecule has 1 aliphatic carbocycles. The highest BCUT2D eigenvalue weighted by Crippen LogP contribution is 2.42. The lowest BCUT2D eigenvalue weighted by molar-refractivity contribution is 0.204. The fourth-order valence-electron chi connectivity index (χ4n) is 4.22. The number of rotatable bonds is 3. The van der Waals surface area contributed by atoms with E-state index >= 15 is 0 Å². The van der Waals surface area contributed by atoms with E-state index in [-0.39, 0.29) is 0 Å². The fourth-order valence-corrected chi connectivity index (χ4v) is 4.22. The van der Waals surface area contributed by atoms with E-state index in [9.17, 15) is 0 Å². The predicted octanol–water partition coefficient (Wildman–Crippen LogP) is 4.10. The first-order valence-electron chi connectivity index (χ1n) is 8.22. The van der Waals surface area contributed by atoms with Crippen LogP contribution in [-0.4, -0.2) is 13.7 Å². The molecule has 2 aliphatic rings. The van der Waals surface area contributed by atoms with Crippen molar-refractivity contribution in [3.63, 3.8) is 0 Å². The van der Waals surface area contributed by atoms with Gasteiger partial charge in [-0.25, -0.2) is 0 Å². The molecule has 1 heterocycles. The number of methoxy groups -OCH3 is 1. The van der Waals surface area contributed by atoms with Crippen LogP contribution in [0.25, 0.3) is 0 Å². The van der Waals surface area contributed by atoms with E-state index in [4.69, 9.17) is 4.74 Å². The van der Waals surface area contributed by atoms with Crippen molar-refractivity contribution in [1.29, 1.82) is 0 Å². The van der Waals surface area contributed by atoms with Crippen LogP contribution in [-0.2, 0) is 6.42 Å². The van der Waals surface area contributed by atoms with Crippen molar-refractivity contribution >= 4 is 0 Å². The minimum atomic E-state index is 0.545. The van der Waals surface area contributed by atoms with E-state index in [0.717, 1.165) is 30.6 Å². The summed E-state index contributed by atoms with van der Waals surface area (Å²) in [5.74, 6) is 2.82. The molecule has 0 spiro atoms. The Kier molecular flexibility index (Phi) is 4.30. The monoisotopic (exact) mass is 273 g/mol. The fraction of sp³-hybridized carbons (Fsp3) is 0.667. The van der Waals surface area contributed by atoms with Gasteiger partial charge in [0, 0.05) is 11.6 Å². The van der Waals surface area contributed by atoms with Crippen LogP contribution in [0.2, 0.25) is 0 Å². The summed E-state index contributed by atoms with van der Waals surface area (Å²) in [7, 11) is 1.79. The van der Waals surface area contributed by atoms with Crippen LogP contribution < -0.4 is 10.1 Å². The van der Waals surface area contributed by atoms with Gasteiger partial charge in [-0.1, -0.05) is 38.3 Å². The van der Waals surface area contributed by atoms with Gasteiger partial charge in [0.25, 0.3) is 0 Å². The second kappa shape index (κ2) is 6.17. The van der Waals surface area contributed by atoms with E-state index in [1.54, 1.807) is 7.11 Å². The van der Waals surface area contributed by atoms with Gasteiger partial charge in [-0.2, -0.15) is 0 Å². The molecule has 1 aliphatic heterocycles. The summed E-state index contributed by atoms with van der Waals surface area (Å²) in [6.07, 6.45) is 8.05. The first-order valence-corrected chi connectivity index (χ1v) is 8.22. The molecule has 110 valence electrons. The maximum absolute atomic E-state index is 5.56. The number of benzene rings is 1. The Labute approximate surface area is 122 Å². The molecule has 1 aromatic rings. The van der Waals surface area contributed by atoms with Crippen LogP contribution in [0.5, 0.6) is 5.75 Å². The summed E-state index contributed by atoms with van der Waals surface area (Å²) in [4.78, 5) is 0. The van der Waals surface area contributed by atoms with Gasteiger partial charge in [-0.15, -0.1) is 0 Å². The topological polar surface area (TPSA) is 21.3 Å². The van der Waals surface area contributed by atoms with E-state index in [2.05, 4.69) is 30.4 Å². The molecule has 1 N–H and O–H groups in total. The van der Waals surface area contributed by atoms with Gasteiger partial charge in [0.15, 0.2) is 0 Å². The minimum Gasteiger partial charge on any atom is -0.496 e. The standard InChI is InChI=1S/C18H27NO/c1-3-13-6-4-7-14(12-13)18-16-8-5-9-17(20-2)15(16)10-11-19-18/h5,8-9,13-14,18-19H,3-4,6-7,10-12H2,1-2H3. The molecule has 0 saturated heterocycles. The summed E-state index contributed by atoms with van der Waals surface area (Å²) in [6, 6.07) is 7.11. The van der Waals surface area contributed by atoms with Crippen LogP contribution >= 0.6 is 0 Å². The van der Waals surface area contributed by atoms with E-state index in [0.29, 0.717) is 6.04 Å².